The molecule has 1 amide bonds. The lowest BCUT2D eigenvalue weighted by molar-refractivity contribution is 0.0951. The molecule has 0 unspecified atom stereocenters. The number of hydrogen-bond acceptors (Lipinski definition) is 3. The summed E-state index contributed by atoms with van der Waals surface area (Å²) >= 11 is 0. The third-order valence-corrected chi connectivity index (χ3v) is 5.69. The number of nitrogens with one attached hydrogen (secondary N) is 2. The van der Waals surface area contributed by atoms with Gasteiger partial charge in [-0.25, -0.2) is 0 Å². The molecule has 0 spiro atoms. The monoisotopic (exact) mass is 435 g/mol. The van der Waals surface area contributed by atoms with E-state index in [0.717, 1.165) is 11.3 Å². The molecule has 0 aliphatic carbocycles. The van der Waals surface area contributed by atoms with Crippen molar-refractivity contribution in [1.82, 2.24) is 10.3 Å². The van der Waals surface area contributed by atoms with Gasteiger partial charge in [0.1, 0.15) is 0 Å². The smallest absolute Gasteiger partial charge is 0.251 e. The van der Waals surface area contributed by atoms with Crippen molar-refractivity contribution in [1.29, 1.82) is 0 Å². The zero-order valence-electron chi connectivity index (χ0n) is 19.1. The molecule has 33 heavy (non-hydrogen) atoms. The summed E-state index contributed by atoms with van der Waals surface area (Å²) in [6.45, 7) is 5.60. The molecule has 0 saturated carbocycles. The van der Waals surface area contributed by atoms with Crippen molar-refractivity contribution in [3.63, 3.8) is 0 Å². The Morgan fingerprint density at radius 2 is 1.70 bits per heavy atom. The van der Waals surface area contributed by atoms with Crippen LogP contribution in [0.4, 0.5) is 5.69 Å². The molecule has 1 aromatic heterocycles. The molecule has 4 aromatic rings. The highest BCUT2D eigenvalue weighted by Crippen LogP contribution is 2.27. The second-order valence-electron chi connectivity index (χ2n) is 8.41. The summed E-state index contributed by atoms with van der Waals surface area (Å²) in [4.78, 5) is 16.5. The fourth-order valence-corrected chi connectivity index (χ4v) is 3.75. The van der Waals surface area contributed by atoms with Gasteiger partial charge in [0, 0.05) is 36.7 Å². The summed E-state index contributed by atoms with van der Waals surface area (Å²) in [6.07, 6.45) is 3.47. The van der Waals surface area contributed by atoms with E-state index in [1.54, 1.807) is 12.4 Å². The largest absolute Gasteiger partial charge is 0.381 e. The Hall–Kier alpha value is -3.92. The third-order valence-electron chi connectivity index (χ3n) is 5.69. The number of aromatic nitrogens is 1. The van der Waals surface area contributed by atoms with Crippen LogP contribution < -0.4 is 10.6 Å². The maximum atomic E-state index is 12.4. The van der Waals surface area contributed by atoms with E-state index < -0.39 is 0 Å². The number of carbonyl (C=O) groups excluding carboxylic acids is 1. The molecule has 0 aliphatic rings. The normalized spacial score (nSPS) is 10.8. The van der Waals surface area contributed by atoms with Crippen molar-refractivity contribution in [3.05, 3.63) is 120 Å². The first-order chi connectivity index (χ1) is 16.1. The van der Waals surface area contributed by atoms with Gasteiger partial charge in [-0.15, -0.1) is 0 Å². The molecule has 0 aliphatic heterocycles. The van der Waals surface area contributed by atoms with Crippen molar-refractivity contribution in [2.45, 2.75) is 32.9 Å². The molecule has 3 aromatic carbocycles. The lowest BCUT2D eigenvalue weighted by Crippen LogP contribution is -2.22. The number of carbonyl (C=O) groups is 1. The first-order valence-corrected chi connectivity index (χ1v) is 11.3. The maximum absolute atomic E-state index is 12.4. The zero-order valence-corrected chi connectivity index (χ0v) is 19.1. The van der Waals surface area contributed by atoms with Crippen molar-refractivity contribution < 1.29 is 4.79 Å². The molecular weight excluding hydrogens is 406 g/mol. The molecular formula is C29H29N3O. The highest BCUT2D eigenvalue weighted by molar-refractivity contribution is 5.94. The van der Waals surface area contributed by atoms with E-state index in [2.05, 4.69) is 78.0 Å². The molecule has 0 radical (unpaired) electrons. The highest BCUT2D eigenvalue weighted by atomic mass is 16.1. The van der Waals surface area contributed by atoms with Gasteiger partial charge >= 0.3 is 0 Å². The number of pyridine rings is 1. The van der Waals surface area contributed by atoms with E-state index in [-0.39, 0.29) is 5.91 Å². The Kier molecular flexibility index (Phi) is 7.16. The number of anilines is 1. The van der Waals surface area contributed by atoms with Crippen LogP contribution in [0, 0.1) is 0 Å². The van der Waals surface area contributed by atoms with Gasteiger partial charge in [0.2, 0.25) is 0 Å². The van der Waals surface area contributed by atoms with Crippen LogP contribution in [-0.2, 0) is 13.1 Å². The second kappa shape index (κ2) is 10.6. The van der Waals surface area contributed by atoms with Gasteiger partial charge in [0.05, 0.1) is 0 Å². The Labute approximate surface area is 195 Å². The standard InChI is InChI=1S/C29H29N3O/c1-21(2)24-9-5-10-25(17-24)28-11-4-3-8-26(28)20-31-27-14-12-23(13-15-27)29(33)32-19-22-7-6-16-30-18-22/h3-18,21,31H,19-20H2,1-2H3,(H,32,33). The molecule has 2 N–H and O–H groups in total. The SMILES string of the molecule is CC(C)c1cccc(-c2ccccc2CNc2ccc(C(=O)NCc3cccnc3)cc2)c1. The Morgan fingerprint density at radius 3 is 2.45 bits per heavy atom. The van der Waals surface area contributed by atoms with E-state index in [4.69, 9.17) is 0 Å². The maximum Gasteiger partial charge on any atom is 0.251 e. The van der Waals surface area contributed by atoms with Crippen LogP contribution in [0.25, 0.3) is 11.1 Å². The lowest BCUT2D eigenvalue weighted by atomic mass is 9.95. The van der Waals surface area contributed by atoms with Crippen LogP contribution >= 0.6 is 0 Å². The minimum atomic E-state index is -0.0965. The van der Waals surface area contributed by atoms with E-state index in [9.17, 15) is 4.79 Å². The number of hydrogen-bond donors (Lipinski definition) is 2. The van der Waals surface area contributed by atoms with Gasteiger partial charge in [-0.05, 0) is 64.1 Å². The molecule has 0 bridgehead atoms. The van der Waals surface area contributed by atoms with Gasteiger partial charge < -0.3 is 10.6 Å². The van der Waals surface area contributed by atoms with E-state index in [1.807, 2.05) is 36.4 Å². The molecule has 4 heteroatoms. The minimum absolute atomic E-state index is 0.0965. The Morgan fingerprint density at radius 1 is 0.879 bits per heavy atom. The van der Waals surface area contributed by atoms with Gasteiger partial charge in [-0.3, -0.25) is 9.78 Å². The van der Waals surface area contributed by atoms with Crippen molar-refractivity contribution in [2.24, 2.45) is 0 Å². The van der Waals surface area contributed by atoms with E-state index in [0.29, 0.717) is 24.6 Å². The second-order valence-corrected chi connectivity index (χ2v) is 8.41. The number of amides is 1. The Balaban J connectivity index is 1.40. The highest BCUT2D eigenvalue weighted by Gasteiger charge is 2.08. The predicted molar refractivity (Wildman–Crippen MR) is 135 cm³/mol. The fraction of sp³-hybridized carbons (Fsp3) is 0.172. The van der Waals surface area contributed by atoms with E-state index in [1.165, 1.54) is 22.3 Å². The number of nitrogens with zero attached hydrogens (tertiary/aromatic N) is 1. The minimum Gasteiger partial charge on any atom is -0.381 e. The van der Waals surface area contributed by atoms with Crippen molar-refractivity contribution >= 4 is 11.6 Å². The molecule has 166 valence electrons. The summed E-state index contributed by atoms with van der Waals surface area (Å²) in [7, 11) is 0. The molecule has 4 nitrogen and oxygen atoms in total. The van der Waals surface area contributed by atoms with Crippen molar-refractivity contribution in [2.75, 3.05) is 5.32 Å². The van der Waals surface area contributed by atoms with Crippen LogP contribution in [-0.4, -0.2) is 10.9 Å². The van der Waals surface area contributed by atoms with Crippen LogP contribution in [0.5, 0.6) is 0 Å². The topological polar surface area (TPSA) is 54.0 Å². The quantitative estimate of drug-likeness (QED) is 0.336. The van der Waals surface area contributed by atoms with Crippen LogP contribution in [0.15, 0.2) is 97.3 Å². The average Bonchev–Trinajstić information content (AvgIpc) is 2.87. The van der Waals surface area contributed by atoms with Crippen LogP contribution in [0.2, 0.25) is 0 Å². The summed E-state index contributed by atoms with van der Waals surface area (Å²) in [6, 6.07) is 28.6. The number of rotatable bonds is 8. The Bertz CT molecular complexity index is 1200. The molecule has 4 rings (SSSR count). The summed E-state index contributed by atoms with van der Waals surface area (Å²) < 4.78 is 0. The van der Waals surface area contributed by atoms with E-state index >= 15 is 0 Å². The van der Waals surface area contributed by atoms with Gasteiger partial charge in [0.15, 0.2) is 0 Å². The fourth-order valence-electron chi connectivity index (χ4n) is 3.75. The molecule has 0 atom stereocenters. The van der Waals surface area contributed by atoms with Crippen LogP contribution in [0.3, 0.4) is 0 Å². The van der Waals surface area contributed by atoms with Gasteiger partial charge in [-0.2, -0.15) is 0 Å². The van der Waals surface area contributed by atoms with Gasteiger partial charge in [0.25, 0.3) is 5.91 Å². The summed E-state index contributed by atoms with van der Waals surface area (Å²) in [5.74, 6) is 0.399. The zero-order chi connectivity index (χ0) is 23.0. The summed E-state index contributed by atoms with van der Waals surface area (Å²) in [5, 5.41) is 6.42. The molecule has 0 saturated heterocycles. The molecule has 0 fully saturated rings. The number of benzene rings is 3. The molecule has 1 heterocycles. The lowest BCUT2D eigenvalue weighted by Gasteiger charge is -2.14. The first kappa shape index (κ1) is 22.3. The van der Waals surface area contributed by atoms with Crippen LogP contribution in [0.1, 0.15) is 46.8 Å². The predicted octanol–water partition coefficient (Wildman–Crippen LogP) is 6.41. The average molecular weight is 436 g/mol. The summed E-state index contributed by atoms with van der Waals surface area (Å²) in [5.41, 5.74) is 7.63. The van der Waals surface area contributed by atoms with Crippen molar-refractivity contribution in [3.8, 4) is 11.1 Å². The van der Waals surface area contributed by atoms with Gasteiger partial charge in [-0.1, -0.05) is 68.4 Å². The third kappa shape index (κ3) is 5.86. The first-order valence-electron chi connectivity index (χ1n) is 11.3.